The van der Waals surface area contributed by atoms with Gasteiger partial charge in [0.15, 0.2) is 6.10 Å². The lowest BCUT2D eigenvalue weighted by Gasteiger charge is -2.18. The van der Waals surface area contributed by atoms with Crippen molar-refractivity contribution in [1.82, 2.24) is 0 Å². The van der Waals surface area contributed by atoms with Crippen molar-refractivity contribution >= 4 is 17.9 Å². The first-order chi connectivity index (χ1) is 23.0. The molecule has 0 bridgehead atoms. The number of esters is 3. The van der Waals surface area contributed by atoms with Gasteiger partial charge in [0.25, 0.3) is 0 Å². The van der Waals surface area contributed by atoms with Gasteiger partial charge in [0, 0.05) is 19.3 Å². The minimum absolute atomic E-state index is 0.0777. The highest BCUT2D eigenvalue weighted by molar-refractivity contribution is 5.71. The summed E-state index contributed by atoms with van der Waals surface area (Å²) in [6.07, 6.45) is 37.6. The Hall–Kier alpha value is -2.11. The number of unbranched alkanes of at least 4 members (excludes halogenated alkanes) is 20. The molecule has 0 aliphatic carbocycles. The maximum atomic E-state index is 12.6. The molecule has 6 nitrogen and oxygen atoms in total. The molecule has 0 saturated carbocycles. The van der Waals surface area contributed by atoms with E-state index in [0.717, 1.165) is 89.9 Å². The first kappa shape index (κ1) is 44.9. The number of hydrogen-bond donors (Lipinski definition) is 0. The molecule has 0 heterocycles. The highest BCUT2D eigenvalue weighted by Gasteiger charge is 2.19. The van der Waals surface area contributed by atoms with Crippen LogP contribution in [0.3, 0.4) is 0 Å². The number of allylic oxidation sites excluding steroid dienone is 4. The molecule has 0 rings (SSSR count). The van der Waals surface area contributed by atoms with E-state index >= 15 is 0 Å². The van der Waals surface area contributed by atoms with Crippen LogP contribution in [0.15, 0.2) is 24.3 Å². The number of rotatable bonds is 35. The third-order valence-corrected chi connectivity index (χ3v) is 8.41. The van der Waals surface area contributed by atoms with Crippen molar-refractivity contribution < 1.29 is 28.6 Å². The van der Waals surface area contributed by atoms with Crippen LogP contribution in [-0.2, 0) is 28.6 Å². The minimum atomic E-state index is -0.769. The Morgan fingerprint density at radius 2 is 0.745 bits per heavy atom. The van der Waals surface area contributed by atoms with Crippen molar-refractivity contribution in [3.05, 3.63) is 24.3 Å². The fourth-order valence-electron chi connectivity index (χ4n) is 5.38. The second-order valence-electron chi connectivity index (χ2n) is 13.2. The molecular formula is C41H74O6. The van der Waals surface area contributed by atoms with E-state index in [9.17, 15) is 14.4 Å². The molecule has 1 atom stereocenters. The smallest absolute Gasteiger partial charge is 0.306 e. The molecule has 6 heteroatoms. The first-order valence-corrected chi connectivity index (χ1v) is 19.8. The fraction of sp³-hybridized carbons (Fsp3) is 0.829. The van der Waals surface area contributed by atoms with Crippen molar-refractivity contribution in [3.8, 4) is 0 Å². The summed E-state index contributed by atoms with van der Waals surface area (Å²) >= 11 is 0. The highest BCUT2D eigenvalue weighted by atomic mass is 16.6. The van der Waals surface area contributed by atoms with Gasteiger partial charge in [-0.1, -0.05) is 141 Å². The molecule has 0 fully saturated rings. The quantitative estimate of drug-likeness (QED) is 0.0291. The Labute approximate surface area is 290 Å². The minimum Gasteiger partial charge on any atom is -0.462 e. The first-order valence-electron chi connectivity index (χ1n) is 19.8. The maximum Gasteiger partial charge on any atom is 0.306 e. The van der Waals surface area contributed by atoms with Crippen LogP contribution < -0.4 is 0 Å². The molecule has 1 unspecified atom stereocenters. The number of hydrogen-bond acceptors (Lipinski definition) is 6. The van der Waals surface area contributed by atoms with E-state index in [1.54, 1.807) is 0 Å². The maximum absolute atomic E-state index is 12.6. The molecule has 0 radical (unpaired) electrons. The van der Waals surface area contributed by atoms with E-state index in [1.807, 2.05) is 0 Å². The Kier molecular flexibility index (Phi) is 35.1. The SMILES string of the molecule is CCC/C=C\CCCCCCCC(=O)OC(COC(=O)CCCCCCC)COC(=O)CCCCCCC/C=C\CCCCCCC. The predicted octanol–water partition coefficient (Wildman–Crippen LogP) is 12.1. The average molecular weight is 663 g/mol. The fourth-order valence-corrected chi connectivity index (χ4v) is 5.38. The summed E-state index contributed by atoms with van der Waals surface area (Å²) in [6.45, 7) is 6.44. The number of carbonyl (C=O) groups is 3. The zero-order chi connectivity index (χ0) is 34.5. The van der Waals surface area contributed by atoms with Gasteiger partial charge >= 0.3 is 17.9 Å². The third-order valence-electron chi connectivity index (χ3n) is 8.41. The molecule has 0 aliphatic heterocycles. The standard InChI is InChI=1S/C41H74O6/c1-4-7-10-13-15-17-19-20-21-22-24-25-28-31-34-40(43)46-37-38(36-45-39(42)33-30-27-12-9-6-3)47-41(44)35-32-29-26-23-18-16-14-11-8-5-2/h11,14,19-20,38H,4-10,12-13,15-18,21-37H2,1-3H3/b14-11-,20-19-. The number of carbonyl (C=O) groups excluding carboxylic acids is 3. The number of ether oxygens (including phenoxy) is 3. The molecule has 0 amide bonds. The average Bonchev–Trinajstić information content (AvgIpc) is 3.06. The summed E-state index contributed by atoms with van der Waals surface area (Å²) in [7, 11) is 0. The molecule has 0 aromatic heterocycles. The van der Waals surface area contributed by atoms with Crippen LogP contribution in [0.1, 0.15) is 201 Å². The summed E-state index contributed by atoms with van der Waals surface area (Å²) < 4.78 is 16.5. The highest BCUT2D eigenvalue weighted by Crippen LogP contribution is 2.13. The van der Waals surface area contributed by atoms with Crippen LogP contribution >= 0.6 is 0 Å². The van der Waals surface area contributed by atoms with E-state index < -0.39 is 6.10 Å². The van der Waals surface area contributed by atoms with Crippen molar-refractivity contribution in [1.29, 1.82) is 0 Å². The van der Waals surface area contributed by atoms with Crippen LogP contribution in [0.2, 0.25) is 0 Å². The molecule has 0 N–H and O–H groups in total. The van der Waals surface area contributed by atoms with Gasteiger partial charge in [-0.05, 0) is 64.2 Å². The molecule has 0 aromatic rings. The van der Waals surface area contributed by atoms with Gasteiger partial charge in [0.05, 0.1) is 0 Å². The molecule has 0 aromatic carbocycles. The lowest BCUT2D eigenvalue weighted by Crippen LogP contribution is -2.30. The largest absolute Gasteiger partial charge is 0.462 e. The Morgan fingerprint density at radius 1 is 0.404 bits per heavy atom. The molecule has 0 saturated heterocycles. The predicted molar refractivity (Wildman–Crippen MR) is 196 cm³/mol. The summed E-state index contributed by atoms with van der Waals surface area (Å²) in [5, 5.41) is 0. The zero-order valence-corrected chi connectivity index (χ0v) is 31.0. The van der Waals surface area contributed by atoms with E-state index in [2.05, 4.69) is 45.1 Å². The van der Waals surface area contributed by atoms with E-state index in [-0.39, 0.29) is 31.1 Å². The summed E-state index contributed by atoms with van der Waals surface area (Å²) in [4.78, 5) is 37.2. The molecule has 0 aliphatic rings. The van der Waals surface area contributed by atoms with Gasteiger partial charge in [0.2, 0.25) is 0 Å². The summed E-state index contributed by atoms with van der Waals surface area (Å²) in [5.74, 6) is -0.915. The van der Waals surface area contributed by atoms with Gasteiger partial charge in [-0.15, -0.1) is 0 Å². The van der Waals surface area contributed by atoms with Crippen molar-refractivity contribution in [2.24, 2.45) is 0 Å². The molecular weight excluding hydrogens is 588 g/mol. The lowest BCUT2D eigenvalue weighted by atomic mass is 10.1. The van der Waals surface area contributed by atoms with Crippen LogP contribution in [0, 0.1) is 0 Å². The third kappa shape index (κ3) is 35.0. The van der Waals surface area contributed by atoms with Gasteiger partial charge in [-0.2, -0.15) is 0 Å². The van der Waals surface area contributed by atoms with Crippen molar-refractivity contribution in [2.45, 2.75) is 207 Å². The van der Waals surface area contributed by atoms with Crippen LogP contribution in [0.5, 0.6) is 0 Å². The van der Waals surface area contributed by atoms with Crippen LogP contribution in [0.4, 0.5) is 0 Å². The van der Waals surface area contributed by atoms with E-state index in [1.165, 1.54) is 70.6 Å². The molecule has 47 heavy (non-hydrogen) atoms. The summed E-state index contributed by atoms with van der Waals surface area (Å²) in [6, 6.07) is 0. The second-order valence-corrected chi connectivity index (χ2v) is 13.2. The van der Waals surface area contributed by atoms with Gasteiger partial charge in [0.1, 0.15) is 13.2 Å². The monoisotopic (exact) mass is 663 g/mol. The zero-order valence-electron chi connectivity index (χ0n) is 31.0. The van der Waals surface area contributed by atoms with Gasteiger partial charge < -0.3 is 14.2 Å². The lowest BCUT2D eigenvalue weighted by molar-refractivity contribution is -0.167. The Morgan fingerprint density at radius 3 is 1.15 bits per heavy atom. The van der Waals surface area contributed by atoms with Crippen LogP contribution in [0.25, 0.3) is 0 Å². The summed E-state index contributed by atoms with van der Waals surface area (Å²) in [5.41, 5.74) is 0. The van der Waals surface area contributed by atoms with Crippen molar-refractivity contribution in [2.75, 3.05) is 13.2 Å². The second kappa shape index (κ2) is 36.7. The Bertz CT molecular complexity index is 774. The molecule has 0 spiro atoms. The van der Waals surface area contributed by atoms with E-state index in [0.29, 0.717) is 19.3 Å². The van der Waals surface area contributed by atoms with E-state index in [4.69, 9.17) is 14.2 Å². The molecule has 274 valence electrons. The van der Waals surface area contributed by atoms with Crippen LogP contribution in [-0.4, -0.2) is 37.2 Å². The van der Waals surface area contributed by atoms with Crippen molar-refractivity contribution in [3.63, 3.8) is 0 Å². The van der Waals surface area contributed by atoms with Gasteiger partial charge in [-0.3, -0.25) is 14.4 Å². The topological polar surface area (TPSA) is 78.9 Å². The Balaban J connectivity index is 4.28. The normalized spacial score (nSPS) is 12.1. The van der Waals surface area contributed by atoms with Gasteiger partial charge in [-0.25, -0.2) is 0 Å².